The van der Waals surface area contributed by atoms with Crippen LogP contribution in [0.4, 0.5) is 0 Å². The highest BCUT2D eigenvalue weighted by molar-refractivity contribution is 9.10. The van der Waals surface area contributed by atoms with E-state index in [1.165, 1.54) is 18.3 Å². The van der Waals surface area contributed by atoms with Crippen LogP contribution >= 0.6 is 15.9 Å². The number of pyridine rings is 1. The molecule has 102 valence electrons. The van der Waals surface area contributed by atoms with E-state index in [1.54, 1.807) is 0 Å². The molecule has 0 aliphatic heterocycles. The molecular weight excluding hydrogens is 342 g/mol. The van der Waals surface area contributed by atoms with Crippen LogP contribution in [0.25, 0.3) is 0 Å². The molecule has 2 rings (SSSR count). The van der Waals surface area contributed by atoms with Crippen LogP contribution in [-0.2, 0) is 16.6 Å². The third kappa shape index (κ3) is 3.42. The number of nitrogens with one attached hydrogen (secondary N) is 1. The van der Waals surface area contributed by atoms with Gasteiger partial charge in [-0.1, -0.05) is 34.1 Å². The number of aromatic nitrogens is 1. The predicted octanol–water partition coefficient (Wildman–Crippen LogP) is 2.19. The van der Waals surface area contributed by atoms with Crippen molar-refractivity contribution in [1.82, 2.24) is 9.71 Å². The van der Waals surface area contributed by atoms with Crippen molar-refractivity contribution in [1.29, 1.82) is 5.26 Å². The van der Waals surface area contributed by atoms with E-state index in [9.17, 15) is 8.42 Å². The van der Waals surface area contributed by atoms with Crippen molar-refractivity contribution in [2.75, 3.05) is 0 Å². The van der Waals surface area contributed by atoms with E-state index >= 15 is 0 Å². The van der Waals surface area contributed by atoms with Gasteiger partial charge in [0.2, 0.25) is 10.0 Å². The molecular formula is C13H10BrN3O2S. The van der Waals surface area contributed by atoms with Gasteiger partial charge in [0.25, 0.3) is 0 Å². The first-order chi connectivity index (χ1) is 9.53. The van der Waals surface area contributed by atoms with Crippen LogP contribution in [0.2, 0.25) is 0 Å². The SMILES string of the molecule is N#Cc1ccc(S(=O)(=O)NCc2ccccc2Br)cn1. The number of hydrogen-bond donors (Lipinski definition) is 1. The summed E-state index contributed by atoms with van der Waals surface area (Å²) in [6, 6.07) is 11.9. The van der Waals surface area contributed by atoms with Gasteiger partial charge in [-0.2, -0.15) is 5.26 Å². The van der Waals surface area contributed by atoms with E-state index in [4.69, 9.17) is 5.26 Å². The molecule has 0 fully saturated rings. The van der Waals surface area contributed by atoms with Crippen molar-refractivity contribution in [3.05, 3.63) is 58.3 Å². The normalized spacial score (nSPS) is 11.0. The van der Waals surface area contributed by atoms with E-state index in [-0.39, 0.29) is 17.1 Å². The molecule has 0 aliphatic rings. The second kappa shape index (κ2) is 6.13. The molecule has 0 saturated carbocycles. The van der Waals surface area contributed by atoms with Crippen LogP contribution in [-0.4, -0.2) is 13.4 Å². The number of hydrogen-bond acceptors (Lipinski definition) is 4. The summed E-state index contributed by atoms with van der Waals surface area (Å²) in [5.74, 6) is 0. The first-order valence-corrected chi connectivity index (χ1v) is 7.90. The molecule has 1 aromatic heterocycles. The Labute approximate surface area is 125 Å². The van der Waals surface area contributed by atoms with Crippen molar-refractivity contribution in [2.24, 2.45) is 0 Å². The lowest BCUT2D eigenvalue weighted by molar-refractivity contribution is 0.581. The van der Waals surface area contributed by atoms with Gasteiger partial charge in [0.15, 0.2) is 0 Å². The maximum atomic E-state index is 12.1. The summed E-state index contributed by atoms with van der Waals surface area (Å²) in [7, 11) is -3.64. The van der Waals surface area contributed by atoms with Gasteiger partial charge in [-0.05, 0) is 23.8 Å². The van der Waals surface area contributed by atoms with Crippen molar-refractivity contribution >= 4 is 26.0 Å². The summed E-state index contributed by atoms with van der Waals surface area (Å²) in [5.41, 5.74) is 1.01. The molecule has 5 nitrogen and oxygen atoms in total. The summed E-state index contributed by atoms with van der Waals surface area (Å²) in [5, 5.41) is 8.63. The van der Waals surface area contributed by atoms with Crippen molar-refractivity contribution in [3.63, 3.8) is 0 Å². The fourth-order valence-corrected chi connectivity index (χ4v) is 2.88. The molecule has 1 N–H and O–H groups in total. The lowest BCUT2D eigenvalue weighted by atomic mass is 10.2. The zero-order chi connectivity index (χ0) is 14.6. The first-order valence-electron chi connectivity index (χ1n) is 5.62. The Kier molecular flexibility index (Phi) is 4.49. The molecule has 20 heavy (non-hydrogen) atoms. The molecule has 7 heteroatoms. The van der Waals surface area contributed by atoms with Crippen molar-refractivity contribution in [3.8, 4) is 6.07 Å². The topological polar surface area (TPSA) is 82.8 Å². The average molecular weight is 352 g/mol. The lowest BCUT2D eigenvalue weighted by Gasteiger charge is -2.07. The van der Waals surface area contributed by atoms with Crippen molar-refractivity contribution < 1.29 is 8.42 Å². The second-order valence-corrected chi connectivity index (χ2v) is 6.53. The fourth-order valence-electron chi connectivity index (χ4n) is 1.50. The molecule has 2 aromatic rings. The maximum absolute atomic E-state index is 12.1. The number of nitriles is 1. The second-order valence-electron chi connectivity index (χ2n) is 3.91. The molecule has 0 unspecified atom stereocenters. The molecule has 1 heterocycles. The van der Waals surface area contributed by atoms with Crippen LogP contribution in [0.15, 0.2) is 52.0 Å². The van der Waals surface area contributed by atoms with E-state index in [0.29, 0.717) is 0 Å². The zero-order valence-electron chi connectivity index (χ0n) is 10.2. The molecule has 0 spiro atoms. The summed E-state index contributed by atoms with van der Waals surface area (Å²) < 4.78 is 27.5. The number of nitrogens with zero attached hydrogens (tertiary/aromatic N) is 2. The highest BCUT2D eigenvalue weighted by atomic mass is 79.9. The Morgan fingerprint density at radius 1 is 1.25 bits per heavy atom. The summed E-state index contributed by atoms with van der Waals surface area (Å²) in [6.45, 7) is 0.170. The van der Waals surface area contributed by atoms with Gasteiger partial charge in [-0.3, -0.25) is 0 Å². The van der Waals surface area contributed by atoms with E-state index in [0.717, 1.165) is 10.0 Å². The Morgan fingerprint density at radius 2 is 2.00 bits per heavy atom. The monoisotopic (exact) mass is 351 g/mol. The number of benzene rings is 1. The van der Waals surface area contributed by atoms with Gasteiger partial charge in [-0.25, -0.2) is 18.1 Å². The van der Waals surface area contributed by atoms with Crippen LogP contribution in [0.3, 0.4) is 0 Å². The average Bonchev–Trinajstić information content (AvgIpc) is 2.46. The Morgan fingerprint density at radius 3 is 2.60 bits per heavy atom. The molecule has 0 atom stereocenters. The van der Waals surface area contributed by atoms with Crippen LogP contribution in [0, 0.1) is 11.3 Å². The van der Waals surface area contributed by atoms with Crippen LogP contribution < -0.4 is 4.72 Å². The smallest absolute Gasteiger partial charge is 0.242 e. The predicted molar refractivity (Wildman–Crippen MR) is 77.1 cm³/mol. The molecule has 0 radical (unpaired) electrons. The lowest BCUT2D eigenvalue weighted by Crippen LogP contribution is -2.23. The largest absolute Gasteiger partial charge is 0.244 e. The minimum absolute atomic E-state index is 0.0311. The van der Waals surface area contributed by atoms with Gasteiger partial charge < -0.3 is 0 Å². The molecule has 0 aliphatic carbocycles. The Balaban J connectivity index is 2.15. The molecule has 1 aromatic carbocycles. The summed E-state index contributed by atoms with van der Waals surface area (Å²) >= 11 is 3.36. The van der Waals surface area contributed by atoms with E-state index < -0.39 is 10.0 Å². The number of rotatable bonds is 4. The third-order valence-electron chi connectivity index (χ3n) is 2.57. The standard InChI is InChI=1S/C13H10BrN3O2S/c14-13-4-2-1-3-10(13)8-17-20(18,19)12-6-5-11(7-15)16-9-12/h1-6,9,17H,8H2. The highest BCUT2D eigenvalue weighted by Crippen LogP contribution is 2.16. The third-order valence-corrected chi connectivity index (χ3v) is 4.73. The Hall–Kier alpha value is -1.75. The number of sulfonamides is 1. The summed E-state index contributed by atoms with van der Waals surface area (Å²) in [6.07, 6.45) is 1.17. The van der Waals surface area contributed by atoms with Crippen LogP contribution in [0.5, 0.6) is 0 Å². The number of halogens is 1. The minimum Gasteiger partial charge on any atom is -0.244 e. The van der Waals surface area contributed by atoms with E-state index in [1.807, 2.05) is 30.3 Å². The van der Waals surface area contributed by atoms with E-state index in [2.05, 4.69) is 25.6 Å². The van der Waals surface area contributed by atoms with Gasteiger partial charge in [0, 0.05) is 17.2 Å². The maximum Gasteiger partial charge on any atom is 0.242 e. The van der Waals surface area contributed by atoms with Gasteiger partial charge in [0.1, 0.15) is 16.7 Å². The fraction of sp³-hybridized carbons (Fsp3) is 0.0769. The Bertz CT molecular complexity index is 752. The van der Waals surface area contributed by atoms with Gasteiger partial charge in [0.05, 0.1) is 0 Å². The molecule has 0 saturated heterocycles. The van der Waals surface area contributed by atoms with Gasteiger partial charge in [-0.15, -0.1) is 0 Å². The highest BCUT2D eigenvalue weighted by Gasteiger charge is 2.14. The zero-order valence-corrected chi connectivity index (χ0v) is 12.6. The molecule has 0 bridgehead atoms. The summed E-state index contributed by atoms with van der Waals surface area (Å²) in [4.78, 5) is 3.78. The van der Waals surface area contributed by atoms with Crippen molar-refractivity contribution in [2.45, 2.75) is 11.4 Å². The van der Waals surface area contributed by atoms with Gasteiger partial charge >= 0.3 is 0 Å². The molecule has 0 amide bonds. The quantitative estimate of drug-likeness (QED) is 0.914. The minimum atomic E-state index is -3.64. The van der Waals surface area contributed by atoms with Crippen LogP contribution in [0.1, 0.15) is 11.3 Å². The first kappa shape index (κ1) is 14.7.